The van der Waals surface area contributed by atoms with Gasteiger partial charge in [-0.2, -0.15) is 0 Å². The van der Waals surface area contributed by atoms with Crippen LogP contribution in [-0.2, 0) is 0 Å². The zero-order valence-corrected chi connectivity index (χ0v) is 10.2. The molecule has 3 rings (SSSR count). The molecule has 0 amide bonds. The fourth-order valence-electron chi connectivity index (χ4n) is 2.65. The third kappa shape index (κ3) is 1.80. The van der Waals surface area contributed by atoms with Crippen molar-refractivity contribution < 1.29 is 4.39 Å². The van der Waals surface area contributed by atoms with Gasteiger partial charge in [0, 0.05) is 5.39 Å². The number of aromatic nitrogens is 2. The van der Waals surface area contributed by atoms with E-state index < -0.39 is 0 Å². The van der Waals surface area contributed by atoms with E-state index in [-0.39, 0.29) is 17.8 Å². The van der Waals surface area contributed by atoms with Crippen molar-refractivity contribution in [3.63, 3.8) is 0 Å². The van der Waals surface area contributed by atoms with E-state index in [1.807, 2.05) is 0 Å². The Morgan fingerprint density at radius 2 is 2.22 bits per heavy atom. The number of nitrogens with zero attached hydrogens (tertiary/aromatic N) is 3. The molecule has 1 atom stereocenters. The second kappa shape index (κ2) is 4.17. The van der Waals surface area contributed by atoms with Gasteiger partial charge >= 0.3 is 0 Å². The highest BCUT2D eigenvalue weighted by molar-refractivity contribution is 5.82. The van der Waals surface area contributed by atoms with Crippen molar-refractivity contribution in [2.75, 3.05) is 19.3 Å². The van der Waals surface area contributed by atoms with E-state index in [1.165, 1.54) is 12.1 Å². The van der Waals surface area contributed by atoms with Crippen molar-refractivity contribution >= 4 is 16.9 Å². The summed E-state index contributed by atoms with van der Waals surface area (Å²) in [5.41, 5.74) is 7.29. The predicted molar refractivity (Wildman–Crippen MR) is 68.5 cm³/mol. The molecule has 1 saturated heterocycles. The Bertz CT molecular complexity index is 599. The zero-order valence-electron chi connectivity index (χ0n) is 10.2. The number of likely N-dealkylation sites (tertiary alicyclic amines) is 1. The highest BCUT2D eigenvalue weighted by Gasteiger charge is 2.26. The Hall–Kier alpha value is -1.75. The molecule has 0 radical (unpaired) electrons. The molecule has 5 heteroatoms. The topological polar surface area (TPSA) is 55.0 Å². The van der Waals surface area contributed by atoms with Crippen molar-refractivity contribution in [1.29, 1.82) is 0 Å². The monoisotopic (exact) mass is 246 g/mol. The summed E-state index contributed by atoms with van der Waals surface area (Å²) >= 11 is 0. The van der Waals surface area contributed by atoms with E-state index in [0.29, 0.717) is 5.52 Å². The number of nitrogens with two attached hydrogens (primary N) is 1. The number of anilines is 1. The summed E-state index contributed by atoms with van der Waals surface area (Å²) in [4.78, 5) is 10.7. The van der Waals surface area contributed by atoms with Gasteiger partial charge in [-0.15, -0.1) is 0 Å². The van der Waals surface area contributed by atoms with Crippen LogP contribution in [0.4, 0.5) is 10.3 Å². The molecule has 1 unspecified atom stereocenters. The Morgan fingerprint density at radius 3 is 2.94 bits per heavy atom. The predicted octanol–water partition coefficient (Wildman–Crippen LogP) is 2.12. The van der Waals surface area contributed by atoms with Crippen LogP contribution in [-0.4, -0.2) is 28.5 Å². The first kappa shape index (κ1) is 11.3. The molecular weight excluding hydrogens is 231 g/mol. The van der Waals surface area contributed by atoms with Gasteiger partial charge in [0.15, 0.2) is 0 Å². The van der Waals surface area contributed by atoms with E-state index >= 15 is 0 Å². The number of nitrogen functional groups attached to an aromatic ring is 1. The van der Waals surface area contributed by atoms with Crippen LogP contribution in [0.3, 0.4) is 0 Å². The molecule has 1 aromatic carbocycles. The lowest BCUT2D eigenvalue weighted by molar-refractivity contribution is 0.314. The summed E-state index contributed by atoms with van der Waals surface area (Å²) in [6, 6.07) is 4.76. The molecule has 0 bridgehead atoms. The molecule has 4 nitrogen and oxygen atoms in total. The summed E-state index contributed by atoms with van der Waals surface area (Å²) in [6.45, 7) is 1.03. The lowest BCUT2D eigenvalue weighted by Crippen LogP contribution is -2.19. The molecule has 0 aliphatic carbocycles. The summed E-state index contributed by atoms with van der Waals surface area (Å²) in [7, 11) is 2.06. The van der Waals surface area contributed by atoms with E-state index in [0.717, 1.165) is 30.5 Å². The second-order valence-corrected chi connectivity index (χ2v) is 4.77. The average molecular weight is 246 g/mol. The third-order valence-electron chi connectivity index (χ3n) is 3.54. The lowest BCUT2D eigenvalue weighted by atomic mass is 10.1. The van der Waals surface area contributed by atoms with Gasteiger partial charge in [0.25, 0.3) is 0 Å². The molecule has 0 spiro atoms. The molecular formula is C13H15FN4. The minimum absolute atomic E-state index is 0.208. The van der Waals surface area contributed by atoms with E-state index in [4.69, 9.17) is 5.73 Å². The molecule has 1 aliphatic rings. The van der Waals surface area contributed by atoms with Crippen LogP contribution < -0.4 is 5.73 Å². The van der Waals surface area contributed by atoms with Gasteiger partial charge in [0.1, 0.15) is 5.82 Å². The van der Waals surface area contributed by atoms with Crippen LogP contribution in [0.1, 0.15) is 24.6 Å². The summed E-state index contributed by atoms with van der Waals surface area (Å²) in [5, 5.41) is 0.767. The van der Waals surface area contributed by atoms with Crippen molar-refractivity contribution in [3.8, 4) is 0 Å². The Kier molecular flexibility index (Phi) is 2.63. The number of fused-ring (bicyclic) bond motifs is 1. The van der Waals surface area contributed by atoms with Gasteiger partial charge in [0.05, 0.1) is 17.3 Å². The molecule has 1 aromatic heterocycles. The number of hydrogen-bond donors (Lipinski definition) is 1. The molecule has 2 N–H and O–H groups in total. The molecule has 94 valence electrons. The molecule has 0 saturated carbocycles. The first-order valence-electron chi connectivity index (χ1n) is 6.08. The van der Waals surface area contributed by atoms with Crippen molar-refractivity contribution in [2.45, 2.75) is 18.9 Å². The van der Waals surface area contributed by atoms with E-state index in [9.17, 15) is 4.39 Å². The quantitative estimate of drug-likeness (QED) is 0.837. The Balaban J connectivity index is 2.23. The van der Waals surface area contributed by atoms with E-state index in [2.05, 4.69) is 21.9 Å². The van der Waals surface area contributed by atoms with Crippen LogP contribution in [0.25, 0.3) is 10.9 Å². The van der Waals surface area contributed by atoms with Gasteiger partial charge in [-0.3, -0.25) is 4.90 Å². The molecule has 2 heterocycles. The third-order valence-corrected chi connectivity index (χ3v) is 3.54. The fraction of sp³-hybridized carbons (Fsp3) is 0.385. The summed E-state index contributed by atoms with van der Waals surface area (Å²) in [5.74, 6) is -0.0119. The van der Waals surface area contributed by atoms with Gasteiger partial charge in [-0.1, -0.05) is 0 Å². The van der Waals surface area contributed by atoms with Gasteiger partial charge in [0.2, 0.25) is 5.95 Å². The fourth-order valence-corrected chi connectivity index (χ4v) is 2.65. The van der Waals surface area contributed by atoms with Crippen LogP contribution in [0.15, 0.2) is 18.2 Å². The van der Waals surface area contributed by atoms with Gasteiger partial charge in [-0.25, -0.2) is 14.4 Å². The summed E-state index contributed by atoms with van der Waals surface area (Å²) in [6.07, 6.45) is 2.15. The standard InChI is InChI=1S/C13H15FN4/c1-18-6-2-3-11(18)12-9-7-8(14)4-5-10(9)16-13(15)17-12/h4-5,7,11H,2-3,6H2,1H3,(H2,15,16,17). The van der Waals surface area contributed by atoms with Crippen molar-refractivity contribution in [1.82, 2.24) is 14.9 Å². The van der Waals surface area contributed by atoms with Crippen LogP contribution in [0, 0.1) is 5.82 Å². The van der Waals surface area contributed by atoms with Crippen molar-refractivity contribution in [2.24, 2.45) is 0 Å². The van der Waals surface area contributed by atoms with E-state index in [1.54, 1.807) is 6.07 Å². The zero-order chi connectivity index (χ0) is 12.7. The number of rotatable bonds is 1. The normalized spacial score (nSPS) is 20.7. The maximum Gasteiger partial charge on any atom is 0.220 e. The molecule has 18 heavy (non-hydrogen) atoms. The maximum absolute atomic E-state index is 13.4. The SMILES string of the molecule is CN1CCCC1c1nc(N)nc2ccc(F)cc12. The van der Waals surface area contributed by atoms with Crippen LogP contribution in [0.5, 0.6) is 0 Å². The first-order chi connectivity index (χ1) is 8.65. The molecule has 2 aromatic rings. The van der Waals surface area contributed by atoms with Crippen molar-refractivity contribution in [3.05, 3.63) is 29.7 Å². The number of halogens is 1. The van der Waals surface area contributed by atoms with Crippen LogP contribution in [0.2, 0.25) is 0 Å². The second-order valence-electron chi connectivity index (χ2n) is 4.77. The maximum atomic E-state index is 13.4. The highest BCUT2D eigenvalue weighted by Crippen LogP contribution is 2.33. The number of benzene rings is 1. The van der Waals surface area contributed by atoms with Gasteiger partial charge in [-0.05, 0) is 44.6 Å². The minimum Gasteiger partial charge on any atom is -0.368 e. The largest absolute Gasteiger partial charge is 0.368 e. The minimum atomic E-state index is -0.266. The summed E-state index contributed by atoms with van der Waals surface area (Å²) < 4.78 is 13.4. The highest BCUT2D eigenvalue weighted by atomic mass is 19.1. The first-order valence-corrected chi connectivity index (χ1v) is 6.08. The number of hydrogen-bond acceptors (Lipinski definition) is 4. The van der Waals surface area contributed by atoms with Gasteiger partial charge < -0.3 is 5.73 Å². The molecule has 1 fully saturated rings. The smallest absolute Gasteiger partial charge is 0.220 e. The molecule has 1 aliphatic heterocycles. The lowest BCUT2D eigenvalue weighted by Gasteiger charge is -2.20. The Morgan fingerprint density at radius 1 is 1.39 bits per heavy atom. The van der Waals surface area contributed by atoms with Crippen LogP contribution >= 0.6 is 0 Å². The average Bonchev–Trinajstić information content (AvgIpc) is 2.75. The Labute approximate surface area is 105 Å².